The zero-order valence-electron chi connectivity index (χ0n) is 13.3. The van der Waals surface area contributed by atoms with E-state index in [9.17, 15) is 4.39 Å². The summed E-state index contributed by atoms with van der Waals surface area (Å²) in [5.41, 5.74) is 0.710. The fourth-order valence-corrected chi connectivity index (χ4v) is 2.84. The lowest BCUT2D eigenvalue weighted by atomic mass is 9.98. The van der Waals surface area contributed by atoms with Gasteiger partial charge in [0, 0.05) is 24.7 Å². The molecule has 0 saturated carbocycles. The molecule has 2 atom stereocenters. The first kappa shape index (κ1) is 16.4. The monoisotopic (exact) mass is 294 g/mol. The van der Waals surface area contributed by atoms with Crippen LogP contribution >= 0.6 is 0 Å². The van der Waals surface area contributed by atoms with Crippen LogP contribution in [0.2, 0.25) is 0 Å². The van der Waals surface area contributed by atoms with Crippen molar-refractivity contribution in [1.82, 2.24) is 10.2 Å². The normalized spacial score (nSPS) is 21.7. The van der Waals surface area contributed by atoms with Crippen molar-refractivity contribution in [3.05, 3.63) is 35.6 Å². The topological polar surface area (TPSA) is 24.5 Å². The van der Waals surface area contributed by atoms with Crippen molar-refractivity contribution in [1.29, 1.82) is 0 Å². The molecule has 0 radical (unpaired) electrons. The molecule has 0 amide bonds. The number of morpholine rings is 1. The molecule has 21 heavy (non-hydrogen) atoms. The predicted octanol–water partition coefficient (Wildman–Crippen LogP) is 2.98. The van der Waals surface area contributed by atoms with Crippen molar-refractivity contribution < 1.29 is 9.13 Å². The Hall–Kier alpha value is -0.970. The molecule has 0 aliphatic carbocycles. The summed E-state index contributed by atoms with van der Waals surface area (Å²) in [6.45, 7) is 9.87. The molecule has 1 aromatic rings. The van der Waals surface area contributed by atoms with Gasteiger partial charge >= 0.3 is 0 Å². The van der Waals surface area contributed by atoms with E-state index in [1.54, 1.807) is 6.07 Å². The Balaban J connectivity index is 2.17. The summed E-state index contributed by atoms with van der Waals surface area (Å²) in [5.74, 6) is -0.156. The molecular weight excluding hydrogens is 267 g/mol. The van der Waals surface area contributed by atoms with E-state index in [0.29, 0.717) is 18.2 Å². The van der Waals surface area contributed by atoms with E-state index >= 15 is 0 Å². The second kappa shape index (κ2) is 7.87. The van der Waals surface area contributed by atoms with Gasteiger partial charge in [-0.15, -0.1) is 0 Å². The Labute approximate surface area is 127 Å². The molecule has 1 N–H and O–H groups in total. The third-order valence-electron chi connectivity index (χ3n) is 4.08. The van der Waals surface area contributed by atoms with Crippen LogP contribution < -0.4 is 5.32 Å². The zero-order valence-corrected chi connectivity index (χ0v) is 13.3. The van der Waals surface area contributed by atoms with Gasteiger partial charge in [0.25, 0.3) is 0 Å². The van der Waals surface area contributed by atoms with Crippen molar-refractivity contribution >= 4 is 0 Å². The van der Waals surface area contributed by atoms with Crippen molar-refractivity contribution in [3.63, 3.8) is 0 Å². The largest absolute Gasteiger partial charge is 0.374 e. The number of nitrogens with one attached hydrogen (secondary N) is 1. The quantitative estimate of drug-likeness (QED) is 0.873. The third kappa shape index (κ3) is 4.25. The lowest BCUT2D eigenvalue weighted by molar-refractivity contribution is -0.0565. The Bertz CT molecular complexity index is 439. The molecule has 1 saturated heterocycles. The average Bonchev–Trinajstić information content (AvgIpc) is 2.49. The molecular formula is C17H27FN2O. The van der Waals surface area contributed by atoms with Crippen LogP contribution in [0.1, 0.15) is 38.8 Å². The SMILES string of the molecule is CCCNC(c1ccccc1F)C1CN(C(C)C)CCO1. The maximum atomic E-state index is 14.2. The van der Waals surface area contributed by atoms with Gasteiger partial charge in [-0.25, -0.2) is 4.39 Å². The fourth-order valence-electron chi connectivity index (χ4n) is 2.84. The molecule has 1 aliphatic rings. The van der Waals surface area contributed by atoms with Crippen LogP contribution in [0, 0.1) is 5.82 Å². The van der Waals surface area contributed by atoms with Gasteiger partial charge in [-0.3, -0.25) is 4.90 Å². The highest BCUT2D eigenvalue weighted by atomic mass is 19.1. The van der Waals surface area contributed by atoms with Gasteiger partial charge in [0.1, 0.15) is 5.82 Å². The number of hydrogen-bond donors (Lipinski definition) is 1. The first-order valence-corrected chi connectivity index (χ1v) is 7.97. The Kier molecular flexibility index (Phi) is 6.15. The Morgan fingerprint density at radius 3 is 2.81 bits per heavy atom. The lowest BCUT2D eigenvalue weighted by Crippen LogP contribution is -2.50. The van der Waals surface area contributed by atoms with Gasteiger partial charge in [0.15, 0.2) is 0 Å². The predicted molar refractivity (Wildman–Crippen MR) is 83.9 cm³/mol. The van der Waals surface area contributed by atoms with Crippen LogP contribution in [-0.2, 0) is 4.74 Å². The molecule has 0 spiro atoms. The summed E-state index contributed by atoms with van der Waals surface area (Å²) in [6, 6.07) is 7.41. The number of ether oxygens (including phenoxy) is 1. The minimum Gasteiger partial charge on any atom is -0.374 e. The second-order valence-electron chi connectivity index (χ2n) is 5.95. The van der Waals surface area contributed by atoms with Gasteiger partial charge in [-0.1, -0.05) is 25.1 Å². The number of nitrogens with zero attached hydrogens (tertiary/aromatic N) is 1. The van der Waals surface area contributed by atoms with E-state index in [1.807, 2.05) is 12.1 Å². The van der Waals surface area contributed by atoms with Crippen LogP contribution in [0.5, 0.6) is 0 Å². The Morgan fingerprint density at radius 1 is 1.38 bits per heavy atom. The first-order chi connectivity index (χ1) is 10.1. The summed E-state index contributed by atoms with van der Waals surface area (Å²) < 4.78 is 20.1. The molecule has 0 aromatic heterocycles. The van der Waals surface area contributed by atoms with E-state index in [-0.39, 0.29) is 18.0 Å². The van der Waals surface area contributed by atoms with Crippen LogP contribution in [0.3, 0.4) is 0 Å². The van der Waals surface area contributed by atoms with Crippen LogP contribution in [-0.4, -0.2) is 43.3 Å². The third-order valence-corrected chi connectivity index (χ3v) is 4.08. The van der Waals surface area contributed by atoms with E-state index in [1.165, 1.54) is 6.07 Å². The Morgan fingerprint density at radius 2 is 2.14 bits per heavy atom. The molecule has 1 aromatic carbocycles. The van der Waals surface area contributed by atoms with Gasteiger partial charge in [-0.05, 0) is 32.9 Å². The fraction of sp³-hybridized carbons (Fsp3) is 0.647. The maximum Gasteiger partial charge on any atom is 0.128 e. The number of benzene rings is 1. The molecule has 1 heterocycles. The minimum atomic E-state index is -0.156. The van der Waals surface area contributed by atoms with Crippen LogP contribution in [0.4, 0.5) is 4.39 Å². The molecule has 118 valence electrons. The summed E-state index contributed by atoms with van der Waals surface area (Å²) in [6.07, 6.45) is 1.01. The van der Waals surface area contributed by atoms with Gasteiger partial charge in [0.2, 0.25) is 0 Å². The zero-order chi connectivity index (χ0) is 15.2. The van der Waals surface area contributed by atoms with Gasteiger partial charge in [0.05, 0.1) is 18.8 Å². The summed E-state index contributed by atoms with van der Waals surface area (Å²) in [5, 5.41) is 3.46. The van der Waals surface area contributed by atoms with Crippen LogP contribution in [0.25, 0.3) is 0 Å². The standard InChI is InChI=1S/C17H27FN2O/c1-4-9-19-17(14-7-5-6-8-15(14)18)16-12-20(13(2)3)10-11-21-16/h5-8,13,16-17,19H,4,9-12H2,1-3H3. The number of rotatable bonds is 6. The highest BCUT2D eigenvalue weighted by molar-refractivity contribution is 5.22. The van der Waals surface area contributed by atoms with Crippen molar-refractivity contribution in [3.8, 4) is 0 Å². The first-order valence-electron chi connectivity index (χ1n) is 7.97. The van der Waals surface area contributed by atoms with E-state index in [4.69, 9.17) is 4.74 Å². The van der Waals surface area contributed by atoms with Crippen molar-refractivity contribution in [2.75, 3.05) is 26.2 Å². The summed E-state index contributed by atoms with van der Waals surface area (Å²) in [7, 11) is 0. The summed E-state index contributed by atoms with van der Waals surface area (Å²) in [4.78, 5) is 2.40. The van der Waals surface area contributed by atoms with Gasteiger partial charge < -0.3 is 10.1 Å². The minimum absolute atomic E-state index is 0.00963. The van der Waals surface area contributed by atoms with E-state index in [2.05, 4.69) is 31.0 Å². The molecule has 0 bridgehead atoms. The maximum absolute atomic E-state index is 14.2. The highest BCUT2D eigenvalue weighted by Crippen LogP contribution is 2.25. The van der Waals surface area contributed by atoms with Crippen molar-refractivity contribution in [2.24, 2.45) is 0 Å². The summed E-state index contributed by atoms with van der Waals surface area (Å²) >= 11 is 0. The molecule has 4 heteroatoms. The molecule has 2 unspecified atom stereocenters. The molecule has 1 aliphatic heterocycles. The molecule has 2 rings (SSSR count). The van der Waals surface area contributed by atoms with Crippen LogP contribution in [0.15, 0.2) is 24.3 Å². The highest BCUT2D eigenvalue weighted by Gasteiger charge is 2.31. The lowest BCUT2D eigenvalue weighted by Gasteiger charge is -2.39. The molecule has 3 nitrogen and oxygen atoms in total. The average molecular weight is 294 g/mol. The van der Waals surface area contributed by atoms with E-state index in [0.717, 1.165) is 26.1 Å². The second-order valence-corrected chi connectivity index (χ2v) is 5.95. The van der Waals surface area contributed by atoms with Gasteiger partial charge in [-0.2, -0.15) is 0 Å². The molecule has 1 fully saturated rings. The number of hydrogen-bond acceptors (Lipinski definition) is 3. The number of halogens is 1. The van der Waals surface area contributed by atoms with Crippen molar-refractivity contribution in [2.45, 2.75) is 45.4 Å². The smallest absolute Gasteiger partial charge is 0.128 e. The van der Waals surface area contributed by atoms with E-state index < -0.39 is 0 Å².